The Labute approximate surface area is 117 Å². The van der Waals surface area contributed by atoms with Crippen LogP contribution in [0.25, 0.3) is 11.1 Å². The van der Waals surface area contributed by atoms with Crippen molar-refractivity contribution in [2.45, 2.75) is 6.42 Å². The molecule has 0 bridgehead atoms. The van der Waals surface area contributed by atoms with Crippen molar-refractivity contribution in [1.82, 2.24) is 4.98 Å². The Balaban J connectivity index is 2.00. The van der Waals surface area contributed by atoms with Crippen LogP contribution in [0.5, 0.6) is 0 Å². The van der Waals surface area contributed by atoms with Crippen molar-refractivity contribution < 1.29 is 23.1 Å². The number of carboxylic acid groups (broad SMARTS) is 1. The van der Waals surface area contributed by atoms with E-state index >= 15 is 0 Å². The van der Waals surface area contributed by atoms with Gasteiger partial charge in [0, 0.05) is 5.56 Å². The lowest BCUT2D eigenvalue weighted by molar-refractivity contribution is 0.0697. The van der Waals surface area contributed by atoms with Gasteiger partial charge in [-0.25, -0.2) is 18.6 Å². The fourth-order valence-electron chi connectivity index (χ4n) is 2.04. The van der Waals surface area contributed by atoms with Crippen LogP contribution in [-0.4, -0.2) is 16.1 Å². The van der Waals surface area contributed by atoms with Gasteiger partial charge in [0.2, 0.25) is 0 Å². The quantitative estimate of drug-likeness (QED) is 0.802. The van der Waals surface area contributed by atoms with E-state index < -0.39 is 17.6 Å². The molecule has 2 aromatic carbocycles. The number of hydrogen-bond donors (Lipinski definition) is 1. The van der Waals surface area contributed by atoms with Gasteiger partial charge in [0.05, 0.1) is 12.0 Å². The highest BCUT2D eigenvalue weighted by Gasteiger charge is 2.14. The van der Waals surface area contributed by atoms with Crippen LogP contribution in [0.3, 0.4) is 0 Å². The summed E-state index contributed by atoms with van der Waals surface area (Å²) in [4.78, 5) is 14.9. The summed E-state index contributed by atoms with van der Waals surface area (Å²) in [7, 11) is 0. The Morgan fingerprint density at radius 2 is 1.90 bits per heavy atom. The number of carbonyl (C=O) groups is 1. The van der Waals surface area contributed by atoms with Crippen molar-refractivity contribution in [1.29, 1.82) is 0 Å². The number of nitrogens with zero attached hydrogens (tertiary/aromatic N) is 1. The first-order valence-electron chi connectivity index (χ1n) is 6.10. The van der Waals surface area contributed by atoms with Gasteiger partial charge in [-0.3, -0.25) is 0 Å². The smallest absolute Gasteiger partial charge is 0.335 e. The molecule has 1 heterocycles. The zero-order valence-electron chi connectivity index (χ0n) is 10.6. The van der Waals surface area contributed by atoms with Gasteiger partial charge in [0.25, 0.3) is 0 Å². The third-order valence-corrected chi connectivity index (χ3v) is 3.07. The van der Waals surface area contributed by atoms with E-state index in [1.165, 1.54) is 24.3 Å². The molecule has 6 heteroatoms. The fourth-order valence-corrected chi connectivity index (χ4v) is 2.04. The fraction of sp³-hybridized carbons (Fsp3) is 0.0667. The normalized spacial score (nSPS) is 11.0. The van der Waals surface area contributed by atoms with E-state index in [0.29, 0.717) is 11.1 Å². The zero-order chi connectivity index (χ0) is 15.0. The molecule has 0 radical (unpaired) electrons. The number of fused-ring (bicyclic) bond motifs is 1. The number of oxazole rings is 1. The molecule has 21 heavy (non-hydrogen) atoms. The molecule has 0 fully saturated rings. The lowest BCUT2D eigenvalue weighted by Crippen LogP contribution is -1.97. The van der Waals surface area contributed by atoms with Crippen molar-refractivity contribution in [3.8, 4) is 0 Å². The maximum absolute atomic E-state index is 13.6. The second kappa shape index (κ2) is 4.97. The summed E-state index contributed by atoms with van der Waals surface area (Å²) in [6, 6.07) is 7.78. The van der Waals surface area contributed by atoms with E-state index in [-0.39, 0.29) is 23.4 Å². The van der Waals surface area contributed by atoms with Gasteiger partial charge in [0.1, 0.15) is 17.2 Å². The number of rotatable bonds is 3. The number of hydrogen-bond acceptors (Lipinski definition) is 3. The molecule has 0 aliphatic carbocycles. The molecule has 0 atom stereocenters. The maximum atomic E-state index is 13.6. The molecule has 0 spiro atoms. The summed E-state index contributed by atoms with van der Waals surface area (Å²) in [6.07, 6.45) is -0.143. The molecule has 106 valence electrons. The van der Waals surface area contributed by atoms with Gasteiger partial charge in [-0.15, -0.1) is 0 Å². The number of carboxylic acids is 1. The number of halogens is 2. The topological polar surface area (TPSA) is 63.3 Å². The lowest BCUT2D eigenvalue weighted by Gasteiger charge is -2.01. The van der Waals surface area contributed by atoms with Gasteiger partial charge in [-0.05, 0) is 30.3 Å². The minimum atomic E-state index is -1.08. The summed E-state index contributed by atoms with van der Waals surface area (Å²) in [6.45, 7) is 0. The monoisotopic (exact) mass is 289 g/mol. The second-order valence-electron chi connectivity index (χ2n) is 4.47. The standard InChI is InChI=1S/C15H9F2NO3/c16-10-2-1-3-11(17)9(10)7-14-18-12-6-8(15(19)20)4-5-13(12)21-14/h1-6H,7H2,(H,19,20). The minimum Gasteiger partial charge on any atom is -0.478 e. The van der Waals surface area contributed by atoms with Gasteiger partial charge in [-0.2, -0.15) is 0 Å². The predicted octanol–water partition coefficient (Wildman–Crippen LogP) is 3.40. The van der Waals surface area contributed by atoms with Crippen LogP contribution in [0, 0.1) is 11.6 Å². The van der Waals surface area contributed by atoms with E-state index in [1.54, 1.807) is 0 Å². The van der Waals surface area contributed by atoms with Crippen molar-refractivity contribution in [3.63, 3.8) is 0 Å². The first-order valence-corrected chi connectivity index (χ1v) is 6.10. The largest absolute Gasteiger partial charge is 0.478 e. The van der Waals surface area contributed by atoms with Crippen LogP contribution in [0.1, 0.15) is 21.8 Å². The SMILES string of the molecule is O=C(O)c1ccc2oc(Cc3c(F)cccc3F)nc2c1. The van der Waals surface area contributed by atoms with E-state index in [1.807, 2.05) is 0 Å². The molecule has 0 aliphatic rings. The first-order chi connectivity index (χ1) is 10.0. The molecule has 0 saturated carbocycles. The maximum Gasteiger partial charge on any atom is 0.335 e. The predicted molar refractivity (Wildman–Crippen MR) is 70.1 cm³/mol. The third-order valence-electron chi connectivity index (χ3n) is 3.07. The van der Waals surface area contributed by atoms with Crippen molar-refractivity contribution in [2.75, 3.05) is 0 Å². The Morgan fingerprint density at radius 1 is 1.19 bits per heavy atom. The van der Waals surface area contributed by atoms with Crippen LogP contribution in [0.2, 0.25) is 0 Å². The highest BCUT2D eigenvalue weighted by Crippen LogP contribution is 2.21. The van der Waals surface area contributed by atoms with Crippen LogP contribution in [-0.2, 0) is 6.42 Å². The Bertz CT molecular complexity index is 822. The van der Waals surface area contributed by atoms with E-state index in [9.17, 15) is 13.6 Å². The average molecular weight is 289 g/mol. The summed E-state index contributed by atoms with van der Waals surface area (Å²) >= 11 is 0. The average Bonchev–Trinajstić information content (AvgIpc) is 2.84. The highest BCUT2D eigenvalue weighted by molar-refractivity contribution is 5.91. The Kier molecular flexibility index (Phi) is 3.13. The van der Waals surface area contributed by atoms with Crippen molar-refractivity contribution >= 4 is 17.1 Å². The van der Waals surface area contributed by atoms with E-state index in [2.05, 4.69) is 4.98 Å². The third kappa shape index (κ3) is 2.47. The molecule has 0 aliphatic heterocycles. The molecule has 0 unspecified atom stereocenters. The molecule has 1 N–H and O–H groups in total. The van der Waals surface area contributed by atoms with Crippen molar-refractivity contribution in [2.24, 2.45) is 0 Å². The summed E-state index contributed by atoms with van der Waals surface area (Å²) < 4.78 is 32.5. The van der Waals surface area contributed by atoms with Crippen LogP contribution in [0.15, 0.2) is 40.8 Å². The lowest BCUT2D eigenvalue weighted by atomic mass is 10.1. The molecular weight excluding hydrogens is 280 g/mol. The van der Waals surface area contributed by atoms with Crippen LogP contribution >= 0.6 is 0 Å². The van der Waals surface area contributed by atoms with Gasteiger partial charge in [-0.1, -0.05) is 6.07 Å². The van der Waals surface area contributed by atoms with Gasteiger partial charge >= 0.3 is 5.97 Å². The van der Waals surface area contributed by atoms with E-state index in [4.69, 9.17) is 9.52 Å². The molecule has 4 nitrogen and oxygen atoms in total. The molecule has 0 saturated heterocycles. The van der Waals surface area contributed by atoms with E-state index in [0.717, 1.165) is 12.1 Å². The Hall–Kier alpha value is -2.76. The molecular formula is C15H9F2NO3. The molecule has 1 aromatic heterocycles. The number of aromatic nitrogens is 1. The van der Waals surface area contributed by atoms with Crippen molar-refractivity contribution in [3.05, 3.63) is 65.1 Å². The minimum absolute atomic E-state index is 0.0689. The van der Waals surface area contributed by atoms with Crippen LogP contribution < -0.4 is 0 Å². The summed E-state index contributed by atoms with van der Waals surface area (Å²) in [5.74, 6) is -2.31. The number of aromatic carboxylic acids is 1. The highest BCUT2D eigenvalue weighted by atomic mass is 19.1. The molecule has 3 rings (SSSR count). The Morgan fingerprint density at radius 3 is 2.57 bits per heavy atom. The summed E-state index contributed by atoms with van der Waals surface area (Å²) in [5.41, 5.74) is 0.635. The van der Waals surface area contributed by atoms with Crippen LogP contribution in [0.4, 0.5) is 8.78 Å². The molecule has 3 aromatic rings. The second-order valence-corrected chi connectivity index (χ2v) is 4.47. The first kappa shape index (κ1) is 13.2. The molecule has 0 amide bonds. The van der Waals surface area contributed by atoms with Gasteiger partial charge in [0.15, 0.2) is 11.5 Å². The zero-order valence-corrected chi connectivity index (χ0v) is 10.6. The number of benzene rings is 2. The van der Waals surface area contributed by atoms with Gasteiger partial charge < -0.3 is 9.52 Å². The summed E-state index contributed by atoms with van der Waals surface area (Å²) in [5, 5.41) is 8.90.